The Hall–Kier alpha value is -2.30. The lowest BCUT2D eigenvalue weighted by atomic mass is 10.1. The number of benzene rings is 1. The Balaban J connectivity index is 2.33. The molecule has 0 aliphatic carbocycles. The highest BCUT2D eigenvalue weighted by atomic mass is 16.5. The lowest BCUT2D eigenvalue weighted by Crippen LogP contribution is -2.44. The number of hydrogen-bond acceptors (Lipinski definition) is 3. The van der Waals surface area contributed by atoms with Crippen molar-refractivity contribution in [1.82, 2.24) is 4.98 Å². The zero-order valence-electron chi connectivity index (χ0n) is 8.81. The zero-order valence-corrected chi connectivity index (χ0v) is 8.81. The average Bonchev–Trinajstić information content (AvgIpc) is 2.75. The fraction of sp³-hybridized carbons (Fsp3) is 0.0909. The highest BCUT2D eigenvalue weighted by Gasteiger charge is 2.12. The number of methoxy groups -OCH3 is 1. The number of nitrogens with two attached hydrogens (primary N) is 1. The van der Waals surface area contributed by atoms with E-state index in [9.17, 15) is 4.79 Å². The number of rotatable bonds is 2. The summed E-state index contributed by atoms with van der Waals surface area (Å²) in [7, 11) is 1.36. The van der Waals surface area contributed by atoms with Gasteiger partial charge in [0.25, 0.3) is 0 Å². The Labute approximate surface area is 92.4 Å². The zero-order chi connectivity index (χ0) is 11.5. The number of nitrogens with one attached hydrogen (secondary N) is 1. The molecule has 0 unspecified atom stereocenters. The molecule has 5 nitrogen and oxygen atoms in total. The van der Waals surface area contributed by atoms with Gasteiger partial charge in [0.1, 0.15) is 6.20 Å². The lowest BCUT2D eigenvalue weighted by molar-refractivity contribution is -0.625. The van der Waals surface area contributed by atoms with E-state index < -0.39 is 0 Å². The molecule has 2 aromatic rings. The summed E-state index contributed by atoms with van der Waals surface area (Å²) in [4.78, 5) is 14.2. The van der Waals surface area contributed by atoms with Crippen molar-refractivity contribution in [2.75, 3.05) is 13.0 Å². The van der Waals surface area contributed by atoms with Crippen LogP contribution in [0.2, 0.25) is 0 Å². The highest BCUT2D eigenvalue weighted by molar-refractivity contribution is 5.89. The summed E-state index contributed by atoms with van der Waals surface area (Å²) < 4.78 is 6.09. The molecule has 0 aliphatic rings. The minimum Gasteiger partial charge on any atom is -0.465 e. The van der Waals surface area contributed by atoms with Crippen molar-refractivity contribution < 1.29 is 14.2 Å². The van der Waals surface area contributed by atoms with Crippen LogP contribution in [0.25, 0.3) is 11.4 Å². The maximum absolute atomic E-state index is 11.2. The van der Waals surface area contributed by atoms with Gasteiger partial charge in [0.05, 0.1) is 18.2 Å². The molecule has 0 saturated heterocycles. The molecule has 0 saturated carbocycles. The third-order valence-corrected chi connectivity index (χ3v) is 2.29. The number of nitrogens with zero attached hydrogens (tertiary/aromatic N) is 1. The van der Waals surface area contributed by atoms with Crippen LogP contribution in [0.15, 0.2) is 36.7 Å². The fourth-order valence-corrected chi connectivity index (χ4v) is 1.46. The molecule has 0 spiro atoms. The molecule has 16 heavy (non-hydrogen) atoms. The Morgan fingerprint density at radius 1 is 1.38 bits per heavy atom. The Morgan fingerprint density at radius 3 is 2.56 bits per heavy atom. The summed E-state index contributed by atoms with van der Waals surface area (Å²) >= 11 is 0. The predicted molar refractivity (Wildman–Crippen MR) is 57.9 cm³/mol. The van der Waals surface area contributed by atoms with E-state index in [0.717, 1.165) is 11.4 Å². The summed E-state index contributed by atoms with van der Waals surface area (Å²) in [6, 6.07) is 7.01. The van der Waals surface area contributed by atoms with E-state index in [0.29, 0.717) is 5.56 Å². The van der Waals surface area contributed by atoms with Gasteiger partial charge in [-0.1, -0.05) is 0 Å². The van der Waals surface area contributed by atoms with E-state index >= 15 is 0 Å². The number of carbonyl (C=O) groups is 1. The monoisotopic (exact) mass is 218 g/mol. The Bertz CT molecular complexity index is 502. The second kappa shape index (κ2) is 4.06. The van der Waals surface area contributed by atoms with Crippen molar-refractivity contribution in [3.05, 3.63) is 42.2 Å². The molecule has 1 aromatic heterocycles. The first kappa shape index (κ1) is 10.2. The van der Waals surface area contributed by atoms with Crippen molar-refractivity contribution in [2.45, 2.75) is 0 Å². The minimum absolute atomic E-state index is 0.348. The molecule has 2 rings (SSSR count). The first-order valence-corrected chi connectivity index (χ1v) is 4.75. The van der Waals surface area contributed by atoms with E-state index in [-0.39, 0.29) is 5.97 Å². The number of imidazole rings is 1. The number of carbonyl (C=O) groups excluding carboxylic acids is 1. The second-order valence-corrected chi connectivity index (χ2v) is 3.28. The smallest absolute Gasteiger partial charge is 0.337 e. The second-order valence-electron chi connectivity index (χ2n) is 3.28. The standard InChI is InChI=1S/C11H11N3O2/c1-16-11(15)9-4-2-8(3-5-9)10-13-6-7-14(10)12/h2-7H,12H2,1H3/p+1. The molecule has 0 radical (unpaired) electrons. The van der Waals surface area contributed by atoms with E-state index in [1.54, 1.807) is 36.7 Å². The van der Waals surface area contributed by atoms with Gasteiger partial charge in [0.15, 0.2) is 6.20 Å². The van der Waals surface area contributed by atoms with Crippen LogP contribution >= 0.6 is 0 Å². The molecule has 1 aromatic carbocycles. The number of hydrogen-bond donors (Lipinski definition) is 2. The van der Waals surface area contributed by atoms with Gasteiger partial charge in [-0.15, -0.1) is 4.68 Å². The summed E-state index contributed by atoms with van der Waals surface area (Å²) in [5.74, 6) is 6.12. The van der Waals surface area contributed by atoms with Crippen LogP contribution in [0.1, 0.15) is 10.4 Å². The summed E-state index contributed by atoms with van der Waals surface area (Å²) in [5, 5.41) is 0. The topological polar surface area (TPSA) is 72.0 Å². The molecule has 0 aliphatic heterocycles. The molecule has 3 N–H and O–H groups in total. The highest BCUT2D eigenvalue weighted by Crippen LogP contribution is 2.13. The number of nitrogen functional groups attached to an aromatic ring is 1. The molecule has 0 fully saturated rings. The minimum atomic E-state index is -0.348. The van der Waals surface area contributed by atoms with Gasteiger partial charge in [-0.2, -0.15) is 0 Å². The molecule has 82 valence electrons. The van der Waals surface area contributed by atoms with Gasteiger partial charge < -0.3 is 4.74 Å². The normalized spacial score (nSPS) is 10.1. The molecular formula is C11H12N3O2+. The van der Waals surface area contributed by atoms with Crippen LogP contribution in [0.3, 0.4) is 0 Å². The van der Waals surface area contributed by atoms with Crippen molar-refractivity contribution in [2.24, 2.45) is 0 Å². The van der Waals surface area contributed by atoms with E-state index in [4.69, 9.17) is 5.84 Å². The lowest BCUT2D eigenvalue weighted by Gasteiger charge is -1.99. The SMILES string of the molecule is COC(=O)c1ccc(-c2[nH]cc[n+]2N)cc1. The third-order valence-electron chi connectivity index (χ3n) is 2.29. The van der Waals surface area contributed by atoms with Crippen LogP contribution in [0, 0.1) is 0 Å². The molecule has 0 atom stereocenters. The van der Waals surface area contributed by atoms with Gasteiger partial charge in [-0.3, -0.25) is 5.84 Å². The summed E-state index contributed by atoms with van der Waals surface area (Å²) in [6.45, 7) is 0. The maximum Gasteiger partial charge on any atom is 0.337 e. The summed E-state index contributed by atoms with van der Waals surface area (Å²) in [6.07, 6.45) is 3.45. The van der Waals surface area contributed by atoms with Crippen LogP contribution in [-0.4, -0.2) is 18.1 Å². The number of aromatic nitrogens is 2. The van der Waals surface area contributed by atoms with Crippen LogP contribution in [0.5, 0.6) is 0 Å². The molecule has 5 heteroatoms. The van der Waals surface area contributed by atoms with Gasteiger partial charge in [0.2, 0.25) is 0 Å². The fourth-order valence-electron chi connectivity index (χ4n) is 1.46. The summed E-state index contributed by atoms with van der Waals surface area (Å²) in [5.41, 5.74) is 1.42. The predicted octanol–water partition coefficient (Wildman–Crippen LogP) is 0.470. The number of aromatic amines is 1. The van der Waals surface area contributed by atoms with Crippen molar-refractivity contribution in [3.8, 4) is 11.4 Å². The van der Waals surface area contributed by atoms with Crippen LogP contribution in [-0.2, 0) is 4.74 Å². The van der Waals surface area contributed by atoms with Crippen molar-refractivity contribution in [3.63, 3.8) is 0 Å². The molecule has 1 heterocycles. The first-order chi connectivity index (χ1) is 7.72. The first-order valence-electron chi connectivity index (χ1n) is 4.75. The van der Waals surface area contributed by atoms with Crippen molar-refractivity contribution in [1.29, 1.82) is 0 Å². The molecule has 0 amide bonds. The quantitative estimate of drug-likeness (QED) is 0.437. The van der Waals surface area contributed by atoms with Gasteiger partial charge >= 0.3 is 11.8 Å². The number of esters is 1. The van der Waals surface area contributed by atoms with Gasteiger partial charge in [-0.05, 0) is 24.3 Å². The average molecular weight is 218 g/mol. The number of H-pyrrole nitrogens is 1. The van der Waals surface area contributed by atoms with Crippen LogP contribution in [0.4, 0.5) is 0 Å². The van der Waals surface area contributed by atoms with Gasteiger partial charge in [-0.25, -0.2) is 9.78 Å². The Morgan fingerprint density at radius 2 is 2.06 bits per heavy atom. The maximum atomic E-state index is 11.2. The van der Waals surface area contributed by atoms with E-state index in [1.807, 2.05) is 0 Å². The largest absolute Gasteiger partial charge is 0.465 e. The van der Waals surface area contributed by atoms with Crippen molar-refractivity contribution >= 4 is 5.97 Å². The molecule has 0 bridgehead atoms. The van der Waals surface area contributed by atoms with E-state index in [1.165, 1.54) is 11.8 Å². The molecular weight excluding hydrogens is 206 g/mol. The Kier molecular flexibility index (Phi) is 2.59. The van der Waals surface area contributed by atoms with Gasteiger partial charge in [0, 0.05) is 0 Å². The third kappa shape index (κ3) is 1.75. The number of ether oxygens (including phenoxy) is 1. The van der Waals surface area contributed by atoms with E-state index in [2.05, 4.69) is 9.72 Å². The van der Waals surface area contributed by atoms with Crippen LogP contribution < -0.4 is 10.5 Å².